The smallest absolute Gasteiger partial charge is 0.194 e. The number of Topliss-reactive ketones (excluding diaryl/α,β-unsaturated/α-hetero) is 1. The van der Waals surface area contributed by atoms with Crippen molar-refractivity contribution in [3.8, 4) is 11.1 Å². The van der Waals surface area contributed by atoms with E-state index >= 15 is 0 Å². The van der Waals surface area contributed by atoms with E-state index in [0.29, 0.717) is 16.8 Å². The molecule has 0 radical (unpaired) electrons. The second kappa shape index (κ2) is 7.63. The number of nitrogen functional groups attached to an aromatic ring is 1. The Morgan fingerprint density at radius 3 is 2.04 bits per heavy atom. The standard InChI is InChI=1S/C21H22BrNO/c1-13(2)19(20(22)14(3)4)21(24)16-10-11-17(18(23)12-16)15-8-6-5-7-9-15/h5-12H,23H2,1-4H3. The van der Waals surface area contributed by atoms with Crippen molar-refractivity contribution in [2.24, 2.45) is 0 Å². The Kier molecular flexibility index (Phi) is 5.79. The molecule has 0 amide bonds. The summed E-state index contributed by atoms with van der Waals surface area (Å²) in [7, 11) is 0. The van der Waals surface area contributed by atoms with Crippen molar-refractivity contribution in [2.45, 2.75) is 27.7 Å². The Hall–Kier alpha value is -2.13. The molecule has 2 aromatic rings. The van der Waals surface area contributed by atoms with Gasteiger partial charge in [-0.2, -0.15) is 0 Å². The van der Waals surface area contributed by atoms with Gasteiger partial charge in [-0.3, -0.25) is 4.79 Å². The van der Waals surface area contributed by atoms with Crippen molar-refractivity contribution < 1.29 is 4.79 Å². The van der Waals surface area contributed by atoms with E-state index in [0.717, 1.165) is 26.8 Å². The first-order chi connectivity index (χ1) is 11.3. The lowest BCUT2D eigenvalue weighted by Crippen LogP contribution is -2.07. The molecule has 0 aliphatic heterocycles. The van der Waals surface area contributed by atoms with Crippen molar-refractivity contribution in [1.82, 2.24) is 0 Å². The van der Waals surface area contributed by atoms with Crippen LogP contribution in [0.1, 0.15) is 38.1 Å². The molecular formula is C21H22BrNO. The number of ketones is 1. The Bertz CT molecular complexity index is 824. The van der Waals surface area contributed by atoms with Gasteiger partial charge in [0.2, 0.25) is 0 Å². The predicted octanol–water partition coefficient (Wildman–Crippen LogP) is 6.14. The maximum atomic E-state index is 13.0. The molecular weight excluding hydrogens is 362 g/mol. The van der Waals surface area contributed by atoms with Crippen molar-refractivity contribution in [1.29, 1.82) is 0 Å². The molecule has 0 bridgehead atoms. The van der Waals surface area contributed by atoms with Gasteiger partial charge in [0, 0.05) is 26.9 Å². The van der Waals surface area contributed by atoms with Crippen LogP contribution >= 0.6 is 15.9 Å². The van der Waals surface area contributed by atoms with Crippen molar-refractivity contribution in [2.75, 3.05) is 5.73 Å². The van der Waals surface area contributed by atoms with E-state index in [1.807, 2.05) is 70.2 Å². The van der Waals surface area contributed by atoms with Gasteiger partial charge in [-0.05, 0) is 39.3 Å². The molecule has 0 fully saturated rings. The van der Waals surface area contributed by atoms with Crippen LogP contribution in [0.25, 0.3) is 11.1 Å². The summed E-state index contributed by atoms with van der Waals surface area (Å²) in [5, 5.41) is 0. The molecule has 124 valence electrons. The molecule has 0 saturated carbocycles. The van der Waals surface area contributed by atoms with Crippen molar-refractivity contribution >= 4 is 27.4 Å². The molecule has 0 spiro atoms. The molecule has 0 heterocycles. The Morgan fingerprint density at radius 1 is 0.917 bits per heavy atom. The number of benzene rings is 2. The normalized spacial score (nSPS) is 10.2. The Labute approximate surface area is 152 Å². The number of carbonyl (C=O) groups excluding carboxylic acids is 1. The molecule has 2 N–H and O–H groups in total. The van der Waals surface area contributed by atoms with Crippen LogP contribution in [-0.2, 0) is 0 Å². The first-order valence-electron chi connectivity index (χ1n) is 7.83. The van der Waals surface area contributed by atoms with Gasteiger partial charge >= 0.3 is 0 Å². The summed E-state index contributed by atoms with van der Waals surface area (Å²) in [5.41, 5.74) is 12.1. The molecule has 0 aromatic heterocycles. The van der Waals surface area contributed by atoms with Crippen LogP contribution in [0.5, 0.6) is 0 Å². The quantitative estimate of drug-likeness (QED) is 0.298. The minimum Gasteiger partial charge on any atom is -0.398 e. The number of halogens is 1. The monoisotopic (exact) mass is 383 g/mol. The number of nitrogens with two attached hydrogens (primary N) is 1. The van der Waals surface area contributed by atoms with Crippen LogP contribution in [0, 0.1) is 0 Å². The topological polar surface area (TPSA) is 43.1 Å². The zero-order valence-electron chi connectivity index (χ0n) is 14.5. The van der Waals surface area contributed by atoms with Crippen LogP contribution in [0.4, 0.5) is 5.69 Å². The summed E-state index contributed by atoms with van der Waals surface area (Å²) in [4.78, 5) is 13.0. The van der Waals surface area contributed by atoms with Gasteiger partial charge in [0.15, 0.2) is 5.78 Å². The summed E-state index contributed by atoms with van der Waals surface area (Å²) in [6.07, 6.45) is 0. The van der Waals surface area contributed by atoms with Gasteiger partial charge in [-0.1, -0.05) is 69.5 Å². The van der Waals surface area contributed by atoms with E-state index in [4.69, 9.17) is 5.73 Å². The number of rotatable bonds is 4. The molecule has 0 atom stereocenters. The molecule has 0 aliphatic rings. The maximum absolute atomic E-state index is 13.0. The Morgan fingerprint density at radius 2 is 1.54 bits per heavy atom. The fourth-order valence-corrected chi connectivity index (χ4v) is 3.10. The molecule has 0 unspecified atom stereocenters. The highest BCUT2D eigenvalue weighted by Crippen LogP contribution is 2.31. The Balaban J connectivity index is 2.47. The van der Waals surface area contributed by atoms with Crippen LogP contribution in [-0.4, -0.2) is 5.78 Å². The largest absolute Gasteiger partial charge is 0.398 e. The third-order valence-corrected chi connectivity index (χ3v) is 4.97. The second-order valence-electron chi connectivity index (χ2n) is 6.19. The minimum atomic E-state index is -0.0191. The van der Waals surface area contributed by atoms with E-state index in [1.54, 1.807) is 6.07 Å². The van der Waals surface area contributed by atoms with Gasteiger partial charge in [0.1, 0.15) is 0 Å². The molecule has 0 aliphatic carbocycles. The van der Waals surface area contributed by atoms with E-state index in [2.05, 4.69) is 15.9 Å². The minimum absolute atomic E-state index is 0.0191. The van der Waals surface area contributed by atoms with Gasteiger partial charge in [0.25, 0.3) is 0 Å². The third kappa shape index (κ3) is 3.85. The fraction of sp³-hybridized carbons (Fsp3) is 0.190. The third-order valence-electron chi connectivity index (χ3n) is 3.78. The average molecular weight is 384 g/mol. The highest BCUT2D eigenvalue weighted by Gasteiger charge is 2.18. The predicted molar refractivity (Wildman–Crippen MR) is 106 cm³/mol. The van der Waals surface area contributed by atoms with E-state index < -0.39 is 0 Å². The molecule has 24 heavy (non-hydrogen) atoms. The highest BCUT2D eigenvalue weighted by atomic mass is 79.9. The van der Waals surface area contributed by atoms with E-state index in [1.165, 1.54) is 0 Å². The van der Waals surface area contributed by atoms with Gasteiger partial charge < -0.3 is 5.73 Å². The van der Waals surface area contributed by atoms with Gasteiger partial charge in [-0.15, -0.1) is 0 Å². The zero-order valence-corrected chi connectivity index (χ0v) is 16.1. The average Bonchev–Trinajstić information content (AvgIpc) is 2.55. The summed E-state index contributed by atoms with van der Waals surface area (Å²) in [6, 6.07) is 15.5. The summed E-state index contributed by atoms with van der Waals surface area (Å²) in [5.74, 6) is -0.0191. The number of allylic oxidation sites excluding steroid dienone is 4. The summed E-state index contributed by atoms with van der Waals surface area (Å²) >= 11 is 3.55. The van der Waals surface area contributed by atoms with Crippen LogP contribution in [0.2, 0.25) is 0 Å². The fourth-order valence-electron chi connectivity index (χ4n) is 2.53. The molecule has 2 rings (SSSR count). The van der Waals surface area contributed by atoms with Crippen LogP contribution in [0.15, 0.2) is 69.7 Å². The summed E-state index contributed by atoms with van der Waals surface area (Å²) < 4.78 is 0.846. The summed E-state index contributed by atoms with van der Waals surface area (Å²) in [6.45, 7) is 7.85. The molecule has 3 heteroatoms. The van der Waals surface area contributed by atoms with Crippen molar-refractivity contribution in [3.05, 3.63) is 75.3 Å². The number of carbonyl (C=O) groups is 1. The lowest BCUT2D eigenvalue weighted by Gasteiger charge is -2.12. The molecule has 2 nitrogen and oxygen atoms in total. The molecule has 0 saturated heterocycles. The van der Waals surface area contributed by atoms with E-state index in [-0.39, 0.29) is 5.78 Å². The maximum Gasteiger partial charge on any atom is 0.194 e. The van der Waals surface area contributed by atoms with Gasteiger partial charge in [0.05, 0.1) is 0 Å². The van der Waals surface area contributed by atoms with Gasteiger partial charge in [-0.25, -0.2) is 0 Å². The van der Waals surface area contributed by atoms with Crippen molar-refractivity contribution in [3.63, 3.8) is 0 Å². The molecule has 2 aromatic carbocycles. The second-order valence-corrected chi connectivity index (χ2v) is 6.98. The SMILES string of the molecule is CC(C)=C(Br)C(C(=O)c1ccc(-c2ccccc2)c(N)c1)=C(C)C. The lowest BCUT2D eigenvalue weighted by atomic mass is 9.95. The number of anilines is 1. The first-order valence-corrected chi connectivity index (χ1v) is 8.62. The van der Waals surface area contributed by atoms with Crippen LogP contribution in [0.3, 0.4) is 0 Å². The number of hydrogen-bond acceptors (Lipinski definition) is 2. The zero-order chi connectivity index (χ0) is 17.9. The first kappa shape index (κ1) is 18.2. The van der Waals surface area contributed by atoms with E-state index in [9.17, 15) is 4.79 Å². The number of hydrogen-bond donors (Lipinski definition) is 1. The highest BCUT2D eigenvalue weighted by molar-refractivity contribution is 9.12. The van der Waals surface area contributed by atoms with Crippen LogP contribution < -0.4 is 5.73 Å². The lowest BCUT2D eigenvalue weighted by molar-refractivity contribution is 0.103.